The first-order chi connectivity index (χ1) is 12.5. The van der Waals surface area contributed by atoms with Crippen molar-refractivity contribution in [3.8, 4) is 28.6 Å². The third-order valence-corrected chi connectivity index (χ3v) is 4.63. The Hall–Kier alpha value is -2.61. The lowest BCUT2D eigenvalue weighted by atomic mass is 10.0. The fraction of sp³-hybridized carbons (Fsp3) is 0.238. The Kier molecular flexibility index (Phi) is 5.41. The molecule has 0 spiro atoms. The van der Waals surface area contributed by atoms with Crippen molar-refractivity contribution in [3.63, 3.8) is 0 Å². The molecule has 4 nitrogen and oxygen atoms in total. The molecule has 0 aliphatic rings. The molecule has 0 aliphatic carbocycles. The minimum absolute atomic E-state index is 0.315. The molecule has 1 aromatic heterocycles. The molecule has 0 fully saturated rings. The van der Waals surface area contributed by atoms with Gasteiger partial charge in [-0.05, 0) is 50.3 Å². The monoisotopic (exact) mass is 364 g/mol. The first kappa shape index (κ1) is 18.2. The lowest BCUT2D eigenvalue weighted by molar-refractivity contribution is 0.338. The molecule has 26 heavy (non-hydrogen) atoms. The number of nitriles is 1. The van der Waals surface area contributed by atoms with Crippen molar-refractivity contribution in [2.75, 3.05) is 20.6 Å². The highest BCUT2D eigenvalue weighted by molar-refractivity contribution is 6.32. The quantitative estimate of drug-likeness (QED) is 0.649. The first-order valence-electron chi connectivity index (χ1n) is 8.47. The van der Waals surface area contributed by atoms with E-state index < -0.39 is 0 Å². The lowest BCUT2D eigenvalue weighted by Crippen LogP contribution is -2.22. The van der Waals surface area contributed by atoms with Gasteiger partial charge in [-0.15, -0.1) is 0 Å². The van der Waals surface area contributed by atoms with E-state index in [1.165, 1.54) is 0 Å². The topological polar surface area (TPSA) is 44.9 Å². The van der Waals surface area contributed by atoms with Crippen LogP contribution in [0.5, 0.6) is 0 Å². The number of likely N-dealkylation sites (N-methyl/N-ethyl adjacent to an activating group) is 1. The van der Waals surface area contributed by atoms with Crippen LogP contribution < -0.4 is 0 Å². The van der Waals surface area contributed by atoms with Crippen LogP contribution in [0, 0.1) is 11.3 Å². The van der Waals surface area contributed by atoms with Gasteiger partial charge >= 0.3 is 0 Å². The van der Waals surface area contributed by atoms with Crippen LogP contribution in [0.15, 0.2) is 54.9 Å². The number of aromatic nitrogens is 2. The van der Waals surface area contributed by atoms with E-state index in [9.17, 15) is 0 Å². The number of hydrogen-bond donors (Lipinski definition) is 0. The number of halogens is 1. The molecule has 0 amide bonds. The molecule has 0 saturated carbocycles. The third kappa shape index (κ3) is 3.80. The Bertz CT molecular complexity index is 953. The number of benzene rings is 2. The van der Waals surface area contributed by atoms with Crippen molar-refractivity contribution in [2.45, 2.75) is 13.0 Å². The largest absolute Gasteiger partial charge is 0.327 e. The maximum absolute atomic E-state index is 9.04. The second-order valence-corrected chi connectivity index (χ2v) is 7.06. The normalized spacial score (nSPS) is 12.2. The molecule has 0 aliphatic heterocycles. The summed E-state index contributed by atoms with van der Waals surface area (Å²) in [6.07, 6.45) is 3.86. The molecule has 2 aromatic carbocycles. The van der Waals surface area contributed by atoms with Gasteiger partial charge in [0.05, 0.1) is 10.6 Å². The molecular formula is C21H21ClN4. The number of hydrogen-bond acceptors (Lipinski definition) is 3. The minimum atomic E-state index is 0.315. The van der Waals surface area contributed by atoms with E-state index in [1.807, 2.05) is 36.7 Å². The highest BCUT2D eigenvalue weighted by atomic mass is 35.5. The molecule has 1 heterocycles. The molecule has 0 bridgehead atoms. The Balaban J connectivity index is 1.98. The van der Waals surface area contributed by atoms with Gasteiger partial charge in [0, 0.05) is 30.5 Å². The summed E-state index contributed by atoms with van der Waals surface area (Å²) in [7, 11) is 4.14. The highest BCUT2D eigenvalue weighted by Crippen LogP contribution is 2.29. The second-order valence-electron chi connectivity index (χ2n) is 6.66. The van der Waals surface area contributed by atoms with E-state index in [2.05, 4.69) is 53.7 Å². The van der Waals surface area contributed by atoms with E-state index in [-0.39, 0.29) is 0 Å². The number of imidazole rings is 1. The summed E-state index contributed by atoms with van der Waals surface area (Å²) in [5, 5.41) is 9.51. The molecule has 0 saturated heterocycles. The van der Waals surface area contributed by atoms with Gasteiger partial charge in [-0.3, -0.25) is 0 Å². The van der Waals surface area contributed by atoms with Crippen LogP contribution in [-0.2, 0) is 0 Å². The van der Waals surface area contributed by atoms with Crippen LogP contribution >= 0.6 is 11.6 Å². The van der Waals surface area contributed by atoms with Crippen molar-refractivity contribution in [1.82, 2.24) is 14.5 Å². The van der Waals surface area contributed by atoms with Gasteiger partial charge in [-0.1, -0.05) is 35.9 Å². The van der Waals surface area contributed by atoms with Crippen LogP contribution in [0.25, 0.3) is 22.5 Å². The zero-order valence-electron chi connectivity index (χ0n) is 15.1. The summed E-state index contributed by atoms with van der Waals surface area (Å²) in [6.45, 7) is 3.13. The maximum Gasteiger partial charge on any atom is 0.140 e. The fourth-order valence-corrected chi connectivity index (χ4v) is 3.35. The predicted octanol–water partition coefficient (Wildman–Crippen LogP) is 4.86. The van der Waals surface area contributed by atoms with Gasteiger partial charge in [-0.25, -0.2) is 4.98 Å². The van der Waals surface area contributed by atoms with E-state index in [4.69, 9.17) is 16.9 Å². The van der Waals surface area contributed by atoms with Crippen molar-refractivity contribution in [3.05, 3.63) is 65.4 Å². The third-order valence-electron chi connectivity index (χ3n) is 4.32. The van der Waals surface area contributed by atoms with Crippen LogP contribution in [-0.4, -0.2) is 35.1 Å². The molecule has 132 valence electrons. The van der Waals surface area contributed by atoms with Crippen molar-refractivity contribution in [1.29, 1.82) is 5.26 Å². The standard InChI is InChI=1S/C21H21ClN4/c1-15(14-25(2)3)26-10-9-24-21(26)18-6-4-5-16(11-18)17-7-8-19(13-23)20(22)12-17/h4-12,15H,14H2,1-3H3. The van der Waals surface area contributed by atoms with Crippen LogP contribution in [0.2, 0.25) is 5.02 Å². The summed E-state index contributed by atoms with van der Waals surface area (Å²) < 4.78 is 2.20. The average Bonchev–Trinajstić information content (AvgIpc) is 3.11. The molecule has 1 atom stereocenters. The Labute approximate surface area is 159 Å². The Morgan fingerprint density at radius 2 is 1.88 bits per heavy atom. The SMILES string of the molecule is CC(CN(C)C)n1ccnc1-c1cccc(-c2ccc(C#N)c(Cl)c2)c1. The van der Waals surface area contributed by atoms with Crippen molar-refractivity contribution < 1.29 is 0 Å². The summed E-state index contributed by atoms with van der Waals surface area (Å²) in [5.74, 6) is 0.945. The Morgan fingerprint density at radius 3 is 2.58 bits per heavy atom. The van der Waals surface area contributed by atoms with Gasteiger partial charge in [0.2, 0.25) is 0 Å². The fourth-order valence-electron chi connectivity index (χ4n) is 3.13. The van der Waals surface area contributed by atoms with Crippen LogP contribution in [0.3, 0.4) is 0 Å². The smallest absolute Gasteiger partial charge is 0.140 e. The predicted molar refractivity (Wildman–Crippen MR) is 106 cm³/mol. The van der Waals surface area contributed by atoms with Crippen LogP contribution in [0.4, 0.5) is 0 Å². The van der Waals surface area contributed by atoms with Crippen molar-refractivity contribution in [2.24, 2.45) is 0 Å². The minimum Gasteiger partial charge on any atom is -0.327 e. The summed E-state index contributed by atoms with van der Waals surface area (Å²) >= 11 is 6.19. The van der Waals surface area contributed by atoms with Gasteiger partial charge in [0.25, 0.3) is 0 Å². The molecule has 3 aromatic rings. The number of nitrogens with zero attached hydrogens (tertiary/aromatic N) is 4. The summed E-state index contributed by atoms with van der Waals surface area (Å²) in [6, 6.07) is 16.2. The first-order valence-corrected chi connectivity index (χ1v) is 8.85. The van der Waals surface area contributed by atoms with E-state index in [0.717, 1.165) is 29.1 Å². The Morgan fingerprint density at radius 1 is 1.15 bits per heavy atom. The zero-order valence-corrected chi connectivity index (χ0v) is 15.9. The van der Waals surface area contributed by atoms with Crippen molar-refractivity contribution >= 4 is 11.6 Å². The van der Waals surface area contributed by atoms with E-state index >= 15 is 0 Å². The molecule has 1 unspecified atom stereocenters. The maximum atomic E-state index is 9.04. The second kappa shape index (κ2) is 7.74. The zero-order chi connectivity index (χ0) is 18.7. The van der Waals surface area contributed by atoms with Gasteiger partial charge in [0.15, 0.2) is 0 Å². The summed E-state index contributed by atoms with van der Waals surface area (Å²) in [5.41, 5.74) is 3.57. The summed E-state index contributed by atoms with van der Waals surface area (Å²) in [4.78, 5) is 6.74. The van der Waals surface area contributed by atoms with Crippen LogP contribution in [0.1, 0.15) is 18.5 Å². The molecular weight excluding hydrogens is 344 g/mol. The van der Waals surface area contributed by atoms with Gasteiger partial charge in [0.1, 0.15) is 11.9 Å². The molecule has 5 heteroatoms. The van der Waals surface area contributed by atoms with Gasteiger partial charge < -0.3 is 9.47 Å². The van der Waals surface area contributed by atoms with E-state index in [1.54, 1.807) is 6.07 Å². The molecule has 3 rings (SSSR count). The van der Waals surface area contributed by atoms with E-state index in [0.29, 0.717) is 16.6 Å². The molecule has 0 N–H and O–H groups in total. The number of rotatable bonds is 5. The van der Waals surface area contributed by atoms with Gasteiger partial charge in [-0.2, -0.15) is 5.26 Å². The molecule has 0 radical (unpaired) electrons. The lowest BCUT2D eigenvalue weighted by Gasteiger charge is -2.20. The highest BCUT2D eigenvalue weighted by Gasteiger charge is 2.13. The average molecular weight is 365 g/mol.